The highest BCUT2D eigenvalue weighted by atomic mass is 15.2. The third-order valence-corrected chi connectivity index (χ3v) is 4.86. The van der Waals surface area contributed by atoms with E-state index >= 15 is 0 Å². The van der Waals surface area contributed by atoms with Crippen molar-refractivity contribution in [2.45, 2.75) is 50.6 Å². The van der Waals surface area contributed by atoms with Gasteiger partial charge >= 0.3 is 0 Å². The average molecular weight is 281 g/mol. The van der Waals surface area contributed by atoms with Gasteiger partial charge in [0.2, 0.25) is 0 Å². The fourth-order valence-electron chi connectivity index (χ4n) is 3.38. The Morgan fingerprint density at radius 2 is 1.95 bits per heavy atom. The van der Waals surface area contributed by atoms with E-state index in [2.05, 4.69) is 55.3 Å². The molecule has 1 saturated carbocycles. The van der Waals surface area contributed by atoms with E-state index in [0.29, 0.717) is 12.3 Å². The zero-order valence-corrected chi connectivity index (χ0v) is 12.9. The third-order valence-electron chi connectivity index (χ3n) is 4.86. The largest absolute Gasteiger partial charge is 0.298 e. The monoisotopic (exact) mass is 281 g/mol. The van der Waals surface area contributed by atoms with E-state index in [9.17, 15) is 5.26 Å². The maximum atomic E-state index is 9.44. The zero-order chi connectivity index (χ0) is 15.2. The molecule has 3 heteroatoms. The van der Waals surface area contributed by atoms with Gasteiger partial charge in [-0.2, -0.15) is 10.5 Å². The predicted molar refractivity (Wildman–Crippen MR) is 83.4 cm³/mol. The number of rotatable bonds is 4. The lowest BCUT2D eigenvalue weighted by molar-refractivity contribution is 0.111. The van der Waals surface area contributed by atoms with Crippen molar-refractivity contribution in [2.24, 2.45) is 5.92 Å². The minimum absolute atomic E-state index is 0.0797. The number of benzene rings is 1. The molecule has 0 bridgehead atoms. The molecule has 3 nitrogen and oxygen atoms in total. The molecule has 4 atom stereocenters. The standard InChI is InChI=1S/C18H23N3/c1-14(10-11-19)21(2)18-12-16(8-9-17(18)13-20)15-6-4-3-5-7-15/h3-7,14,16-18H,8-10,12H2,1-2H3. The summed E-state index contributed by atoms with van der Waals surface area (Å²) in [6.45, 7) is 2.07. The van der Waals surface area contributed by atoms with E-state index in [-0.39, 0.29) is 18.0 Å². The van der Waals surface area contributed by atoms with Gasteiger partial charge in [-0.05, 0) is 44.7 Å². The van der Waals surface area contributed by atoms with Crippen molar-refractivity contribution in [1.82, 2.24) is 4.90 Å². The molecule has 1 fully saturated rings. The number of nitrogens with zero attached hydrogens (tertiary/aromatic N) is 3. The Morgan fingerprint density at radius 3 is 2.57 bits per heavy atom. The molecule has 0 N–H and O–H groups in total. The second-order valence-corrected chi connectivity index (χ2v) is 6.10. The van der Waals surface area contributed by atoms with Crippen LogP contribution in [-0.2, 0) is 0 Å². The molecule has 0 aliphatic heterocycles. The Bertz CT molecular complexity index is 526. The van der Waals surface area contributed by atoms with E-state index in [4.69, 9.17) is 5.26 Å². The van der Waals surface area contributed by atoms with Crippen LogP contribution in [0.3, 0.4) is 0 Å². The number of hydrogen-bond donors (Lipinski definition) is 0. The van der Waals surface area contributed by atoms with Crippen LogP contribution in [0.25, 0.3) is 0 Å². The highest BCUT2D eigenvalue weighted by molar-refractivity contribution is 5.21. The van der Waals surface area contributed by atoms with Crippen molar-refractivity contribution >= 4 is 0 Å². The molecule has 2 rings (SSSR count). The quantitative estimate of drug-likeness (QED) is 0.845. The van der Waals surface area contributed by atoms with Crippen LogP contribution in [0.5, 0.6) is 0 Å². The van der Waals surface area contributed by atoms with Gasteiger partial charge in [-0.15, -0.1) is 0 Å². The molecule has 0 amide bonds. The Kier molecular flexibility index (Phi) is 5.37. The predicted octanol–water partition coefficient (Wildman–Crippen LogP) is 3.70. The number of nitriles is 2. The molecule has 0 saturated heterocycles. The van der Waals surface area contributed by atoms with Crippen molar-refractivity contribution < 1.29 is 0 Å². The summed E-state index contributed by atoms with van der Waals surface area (Å²) in [6.07, 6.45) is 3.55. The third kappa shape index (κ3) is 3.63. The van der Waals surface area contributed by atoms with E-state index in [0.717, 1.165) is 19.3 Å². The van der Waals surface area contributed by atoms with Crippen LogP contribution in [0.1, 0.15) is 44.1 Å². The van der Waals surface area contributed by atoms with Gasteiger partial charge in [0.15, 0.2) is 0 Å². The summed E-state index contributed by atoms with van der Waals surface area (Å²) in [4.78, 5) is 2.24. The molecule has 110 valence electrons. The van der Waals surface area contributed by atoms with Crippen LogP contribution in [0.4, 0.5) is 0 Å². The van der Waals surface area contributed by atoms with Gasteiger partial charge in [-0.1, -0.05) is 30.3 Å². The maximum absolute atomic E-state index is 9.44. The Morgan fingerprint density at radius 1 is 1.24 bits per heavy atom. The van der Waals surface area contributed by atoms with Gasteiger partial charge in [-0.25, -0.2) is 0 Å². The molecule has 1 aliphatic carbocycles. The zero-order valence-electron chi connectivity index (χ0n) is 12.9. The van der Waals surface area contributed by atoms with Crippen molar-refractivity contribution in [3.05, 3.63) is 35.9 Å². The van der Waals surface area contributed by atoms with Gasteiger partial charge in [0.25, 0.3) is 0 Å². The summed E-state index contributed by atoms with van der Waals surface area (Å²) in [6, 6.07) is 15.8. The fourth-order valence-corrected chi connectivity index (χ4v) is 3.38. The van der Waals surface area contributed by atoms with Crippen LogP contribution in [-0.4, -0.2) is 24.0 Å². The molecule has 1 aromatic carbocycles. The second-order valence-electron chi connectivity index (χ2n) is 6.10. The molecule has 0 radical (unpaired) electrons. The minimum atomic E-state index is 0.0797. The first-order valence-electron chi connectivity index (χ1n) is 7.70. The van der Waals surface area contributed by atoms with Gasteiger partial charge in [0, 0.05) is 12.1 Å². The van der Waals surface area contributed by atoms with Gasteiger partial charge in [0.05, 0.1) is 24.5 Å². The fraction of sp³-hybridized carbons (Fsp3) is 0.556. The summed E-state index contributed by atoms with van der Waals surface area (Å²) in [7, 11) is 2.06. The first kappa shape index (κ1) is 15.5. The van der Waals surface area contributed by atoms with Crippen LogP contribution in [0, 0.1) is 28.6 Å². The highest BCUT2D eigenvalue weighted by Crippen LogP contribution is 2.38. The van der Waals surface area contributed by atoms with Gasteiger partial charge in [-0.3, -0.25) is 4.90 Å². The molecule has 0 heterocycles. The highest BCUT2D eigenvalue weighted by Gasteiger charge is 2.35. The van der Waals surface area contributed by atoms with Crippen LogP contribution < -0.4 is 0 Å². The van der Waals surface area contributed by atoms with Crippen LogP contribution in [0.2, 0.25) is 0 Å². The van der Waals surface area contributed by atoms with Crippen molar-refractivity contribution in [3.63, 3.8) is 0 Å². The Labute approximate surface area is 127 Å². The summed E-state index contributed by atoms with van der Waals surface area (Å²) in [5, 5.41) is 18.3. The molecule has 0 spiro atoms. The Hall–Kier alpha value is -1.84. The van der Waals surface area contributed by atoms with Crippen LogP contribution >= 0.6 is 0 Å². The molecule has 4 unspecified atom stereocenters. The summed E-state index contributed by atoms with van der Waals surface area (Å²) in [5.41, 5.74) is 1.38. The smallest absolute Gasteiger partial charge is 0.0672 e. The van der Waals surface area contributed by atoms with Gasteiger partial charge < -0.3 is 0 Å². The molecule has 0 aromatic heterocycles. The van der Waals surface area contributed by atoms with Crippen molar-refractivity contribution in [1.29, 1.82) is 10.5 Å². The van der Waals surface area contributed by atoms with E-state index in [1.165, 1.54) is 5.56 Å². The van der Waals surface area contributed by atoms with E-state index in [1.807, 2.05) is 6.07 Å². The second kappa shape index (κ2) is 7.25. The lowest BCUT2D eigenvalue weighted by Gasteiger charge is -2.40. The summed E-state index contributed by atoms with van der Waals surface area (Å²) < 4.78 is 0. The van der Waals surface area contributed by atoms with E-state index in [1.54, 1.807) is 0 Å². The van der Waals surface area contributed by atoms with Crippen molar-refractivity contribution in [2.75, 3.05) is 7.05 Å². The molecular weight excluding hydrogens is 258 g/mol. The number of hydrogen-bond acceptors (Lipinski definition) is 3. The maximum Gasteiger partial charge on any atom is 0.0672 e. The molecule has 1 aromatic rings. The van der Waals surface area contributed by atoms with Crippen molar-refractivity contribution in [3.8, 4) is 12.1 Å². The Balaban J connectivity index is 2.13. The minimum Gasteiger partial charge on any atom is -0.298 e. The topological polar surface area (TPSA) is 50.8 Å². The lowest BCUT2D eigenvalue weighted by Crippen LogP contribution is -2.45. The SMILES string of the molecule is CC(CC#N)N(C)C1CC(c2ccccc2)CCC1C#N. The lowest BCUT2D eigenvalue weighted by atomic mass is 9.75. The normalized spacial score (nSPS) is 26.8. The van der Waals surface area contributed by atoms with Gasteiger partial charge in [0.1, 0.15) is 0 Å². The first-order valence-corrected chi connectivity index (χ1v) is 7.70. The first-order chi connectivity index (χ1) is 10.2. The summed E-state index contributed by atoms with van der Waals surface area (Å²) >= 11 is 0. The summed E-state index contributed by atoms with van der Waals surface area (Å²) in [5.74, 6) is 0.605. The molecular formula is C18H23N3. The molecule has 21 heavy (non-hydrogen) atoms. The molecule has 1 aliphatic rings. The average Bonchev–Trinajstić information content (AvgIpc) is 2.54. The van der Waals surface area contributed by atoms with Crippen LogP contribution in [0.15, 0.2) is 30.3 Å². The van der Waals surface area contributed by atoms with E-state index < -0.39 is 0 Å².